The molecule has 0 saturated heterocycles. The summed E-state index contributed by atoms with van der Waals surface area (Å²) in [4.78, 5) is 6.59. The zero-order valence-corrected chi connectivity index (χ0v) is 11.3. The largest absolute Gasteiger partial charge is 0.396 e. The third-order valence-electron chi connectivity index (χ3n) is 2.96. The molecule has 4 heteroatoms. The Hall–Kier alpha value is -0.870. The zero-order chi connectivity index (χ0) is 12.7. The minimum Gasteiger partial charge on any atom is -0.396 e. The van der Waals surface area contributed by atoms with Crippen molar-refractivity contribution in [3.05, 3.63) is 18.2 Å². The van der Waals surface area contributed by atoms with Crippen LogP contribution >= 0.6 is 0 Å². The molecule has 0 saturated carbocycles. The Balaban J connectivity index is 2.61. The number of hydrogen-bond acceptors (Lipinski definition) is 3. The highest BCUT2D eigenvalue weighted by atomic mass is 16.3. The monoisotopic (exact) mass is 239 g/mol. The lowest BCUT2D eigenvalue weighted by atomic mass is 10.2. The van der Waals surface area contributed by atoms with Gasteiger partial charge in [-0.05, 0) is 26.7 Å². The molecule has 0 bridgehead atoms. The Bertz CT molecular complexity index is 309. The van der Waals surface area contributed by atoms with Crippen molar-refractivity contribution in [1.29, 1.82) is 0 Å². The molecule has 1 aromatic heterocycles. The number of nitrogens with zero attached hydrogens (tertiary/aromatic N) is 3. The number of rotatable bonds is 8. The molecule has 0 aliphatic carbocycles. The Kier molecular flexibility index (Phi) is 6.22. The first-order valence-electron chi connectivity index (χ1n) is 6.53. The van der Waals surface area contributed by atoms with E-state index in [-0.39, 0.29) is 6.61 Å². The van der Waals surface area contributed by atoms with Gasteiger partial charge in [0.1, 0.15) is 0 Å². The average Bonchev–Trinajstić information content (AvgIpc) is 2.72. The van der Waals surface area contributed by atoms with Crippen LogP contribution in [0.15, 0.2) is 12.5 Å². The number of aromatic nitrogens is 2. The summed E-state index contributed by atoms with van der Waals surface area (Å²) in [5.74, 6) is 0. The molecule has 1 N–H and O–H groups in total. The molecule has 0 unspecified atom stereocenters. The number of aliphatic hydroxyl groups is 1. The molecule has 0 aliphatic rings. The van der Waals surface area contributed by atoms with Crippen LogP contribution in [-0.2, 0) is 13.1 Å². The molecular formula is C13H25N3O. The molecule has 17 heavy (non-hydrogen) atoms. The smallest absolute Gasteiger partial charge is 0.0948 e. The molecule has 0 atom stereocenters. The van der Waals surface area contributed by atoms with Gasteiger partial charge in [0.25, 0.3) is 0 Å². The van der Waals surface area contributed by atoms with Crippen molar-refractivity contribution in [3.8, 4) is 0 Å². The predicted octanol–water partition coefficient (Wildman–Crippen LogP) is 1.89. The molecule has 1 heterocycles. The van der Waals surface area contributed by atoms with Gasteiger partial charge in [-0.25, -0.2) is 4.98 Å². The van der Waals surface area contributed by atoms with Crippen LogP contribution < -0.4 is 0 Å². The summed E-state index contributed by atoms with van der Waals surface area (Å²) in [6, 6.07) is 0.492. The summed E-state index contributed by atoms with van der Waals surface area (Å²) in [5.41, 5.74) is 1.26. The SMILES string of the molecule is CCCn1cncc1CN(CCCO)C(C)C. The Labute approximate surface area is 104 Å². The van der Waals surface area contributed by atoms with Crippen LogP contribution in [0, 0.1) is 0 Å². The van der Waals surface area contributed by atoms with E-state index < -0.39 is 0 Å². The lowest BCUT2D eigenvalue weighted by Gasteiger charge is -2.26. The van der Waals surface area contributed by atoms with Gasteiger partial charge < -0.3 is 9.67 Å². The molecule has 4 nitrogen and oxygen atoms in total. The minimum atomic E-state index is 0.261. The van der Waals surface area contributed by atoms with Gasteiger partial charge in [0, 0.05) is 38.5 Å². The van der Waals surface area contributed by atoms with E-state index in [1.165, 1.54) is 5.69 Å². The highest BCUT2D eigenvalue weighted by Gasteiger charge is 2.12. The van der Waals surface area contributed by atoms with Crippen LogP contribution in [0.2, 0.25) is 0 Å². The maximum Gasteiger partial charge on any atom is 0.0948 e. The van der Waals surface area contributed by atoms with Gasteiger partial charge in [0.2, 0.25) is 0 Å². The molecule has 0 radical (unpaired) electrons. The molecular weight excluding hydrogens is 214 g/mol. The molecule has 0 aromatic carbocycles. The fourth-order valence-electron chi connectivity index (χ4n) is 1.92. The Morgan fingerprint density at radius 3 is 2.82 bits per heavy atom. The van der Waals surface area contributed by atoms with Crippen molar-refractivity contribution in [2.24, 2.45) is 0 Å². The number of imidazole rings is 1. The normalized spacial score (nSPS) is 11.6. The van der Waals surface area contributed by atoms with Gasteiger partial charge in [-0.15, -0.1) is 0 Å². The maximum absolute atomic E-state index is 8.92. The van der Waals surface area contributed by atoms with E-state index in [0.29, 0.717) is 6.04 Å². The summed E-state index contributed by atoms with van der Waals surface area (Å²) < 4.78 is 2.22. The highest BCUT2D eigenvalue weighted by Crippen LogP contribution is 2.09. The Morgan fingerprint density at radius 2 is 2.24 bits per heavy atom. The lowest BCUT2D eigenvalue weighted by molar-refractivity contribution is 0.181. The quantitative estimate of drug-likeness (QED) is 0.753. The standard InChI is InChI=1S/C13H25N3O/c1-4-6-16-11-14-9-13(16)10-15(12(2)3)7-5-8-17/h9,11-12,17H,4-8,10H2,1-3H3. The lowest BCUT2D eigenvalue weighted by Crippen LogP contribution is -2.32. The van der Waals surface area contributed by atoms with Gasteiger partial charge in [-0.1, -0.05) is 6.92 Å². The van der Waals surface area contributed by atoms with E-state index in [9.17, 15) is 0 Å². The number of aliphatic hydroxyl groups excluding tert-OH is 1. The van der Waals surface area contributed by atoms with Crippen molar-refractivity contribution in [2.75, 3.05) is 13.2 Å². The van der Waals surface area contributed by atoms with E-state index in [0.717, 1.165) is 32.5 Å². The fraction of sp³-hybridized carbons (Fsp3) is 0.769. The van der Waals surface area contributed by atoms with Crippen LogP contribution in [-0.4, -0.2) is 38.8 Å². The van der Waals surface area contributed by atoms with E-state index >= 15 is 0 Å². The van der Waals surface area contributed by atoms with Gasteiger partial charge >= 0.3 is 0 Å². The van der Waals surface area contributed by atoms with E-state index in [1.807, 2.05) is 12.5 Å². The summed E-state index contributed by atoms with van der Waals surface area (Å²) in [5, 5.41) is 8.92. The molecule has 0 aliphatic heterocycles. The first-order valence-corrected chi connectivity index (χ1v) is 6.53. The first kappa shape index (κ1) is 14.2. The molecule has 0 amide bonds. The van der Waals surface area contributed by atoms with Crippen LogP contribution in [0.4, 0.5) is 0 Å². The van der Waals surface area contributed by atoms with Crippen LogP contribution in [0.3, 0.4) is 0 Å². The van der Waals surface area contributed by atoms with Crippen molar-refractivity contribution < 1.29 is 5.11 Å². The maximum atomic E-state index is 8.92. The van der Waals surface area contributed by atoms with Crippen molar-refractivity contribution in [2.45, 2.75) is 52.7 Å². The second-order valence-corrected chi connectivity index (χ2v) is 4.72. The third-order valence-corrected chi connectivity index (χ3v) is 2.96. The molecule has 1 rings (SSSR count). The van der Waals surface area contributed by atoms with E-state index in [4.69, 9.17) is 5.11 Å². The van der Waals surface area contributed by atoms with Crippen LogP contribution in [0.1, 0.15) is 39.3 Å². The Morgan fingerprint density at radius 1 is 1.47 bits per heavy atom. The summed E-state index contributed by atoms with van der Waals surface area (Å²) in [6.45, 7) is 9.70. The van der Waals surface area contributed by atoms with Crippen molar-refractivity contribution >= 4 is 0 Å². The predicted molar refractivity (Wildman–Crippen MR) is 69.8 cm³/mol. The van der Waals surface area contributed by atoms with Crippen LogP contribution in [0.25, 0.3) is 0 Å². The number of hydrogen-bond donors (Lipinski definition) is 1. The fourth-order valence-corrected chi connectivity index (χ4v) is 1.92. The molecule has 1 aromatic rings. The minimum absolute atomic E-state index is 0.261. The van der Waals surface area contributed by atoms with Gasteiger partial charge in [0.05, 0.1) is 12.0 Å². The van der Waals surface area contributed by atoms with Crippen LogP contribution in [0.5, 0.6) is 0 Å². The molecule has 98 valence electrons. The van der Waals surface area contributed by atoms with Gasteiger partial charge in [-0.3, -0.25) is 4.90 Å². The third kappa shape index (κ3) is 4.48. The van der Waals surface area contributed by atoms with Gasteiger partial charge in [0.15, 0.2) is 0 Å². The second-order valence-electron chi connectivity index (χ2n) is 4.72. The number of aryl methyl sites for hydroxylation is 1. The summed E-state index contributed by atoms with van der Waals surface area (Å²) in [6.07, 6.45) is 5.81. The van der Waals surface area contributed by atoms with Crippen molar-refractivity contribution in [1.82, 2.24) is 14.5 Å². The molecule has 0 fully saturated rings. The summed E-state index contributed by atoms with van der Waals surface area (Å²) in [7, 11) is 0. The molecule has 0 spiro atoms. The zero-order valence-electron chi connectivity index (χ0n) is 11.3. The summed E-state index contributed by atoms with van der Waals surface area (Å²) >= 11 is 0. The van der Waals surface area contributed by atoms with Crippen molar-refractivity contribution in [3.63, 3.8) is 0 Å². The van der Waals surface area contributed by atoms with Gasteiger partial charge in [-0.2, -0.15) is 0 Å². The average molecular weight is 239 g/mol. The topological polar surface area (TPSA) is 41.3 Å². The van der Waals surface area contributed by atoms with E-state index in [2.05, 4.69) is 35.2 Å². The first-order chi connectivity index (χ1) is 8.19. The second kappa shape index (κ2) is 7.45. The highest BCUT2D eigenvalue weighted by molar-refractivity contribution is 4.98. The van der Waals surface area contributed by atoms with E-state index in [1.54, 1.807) is 0 Å².